The third-order valence-electron chi connectivity index (χ3n) is 7.02. The van der Waals surface area contributed by atoms with E-state index in [1.807, 2.05) is 89.8 Å². The van der Waals surface area contributed by atoms with E-state index in [1.165, 1.54) is 22.9 Å². The van der Waals surface area contributed by atoms with E-state index in [9.17, 15) is 4.79 Å². The van der Waals surface area contributed by atoms with Gasteiger partial charge >= 0.3 is 0 Å². The molecule has 2 heterocycles. The molecule has 42 heavy (non-hydrogen) atoms. The van der Waals surface area contributed by atoms with Gasteiger partial charge in [0.05, 0.1) is 10.6 Å². The zero-order valence-electron chi connectivity index (χ0n) is 23.1. The molecule has 1 aliphatic rings. The Morgan fingerprint density at radius 2 is 1.62 bits per heavy atom. The van der Waals surface area contributed by atoms with Crippen LogP contribution in [0.5, 0.6) is 5.75 Å². The molecule has 208 valence electrons. The van der Waals surface area contributed by atoms with E-state index in [0.717, 1.165) is 40.2 Å². The van der Waals surface area contributed by atoms with Crippen LogP contribution in [0.15, 0.2) is 120 Å². The zero-order valence-corrected chi connectivity index (χ0v) is 24.8. The first-order valence-corrected chi connectivity index (χ1v) is 15.0. The maximum Gasteiger partial charge on any atom is 0.266 e. The smallest absolute Gasteiger partial charge is 0.266 e. The number of hydrogen-bond donors (Lipinski definition) is 0. The quantitative estimate of drug-likeness (QED) is 0.130. The molecule has 1 fully saturated rings. The van der Waals surface area contributed by atoms with Gasteiger partial charge in [0.2, 0.25) is 0 Å². The molecule has 1 aromatic heterocycles. The highest BCUT2D eigenvalue weighted by atomic mass is 32.2. The van der Waals surface area contributed by atoms with Crippen molar-refractivity contribution in [2.75, 3.05) is 6.54 Å². The fourth-order valence-electron chi connectivity index (χ4n) is 4.73. The van der Waals surface area contributed by atoms with Crippen LogP contribution in [-0.2, 0) is 17.8 Å². The lowest BCUT2D eigenvalue weighted by molar-refractivity contribution is -0.122. The highest BCUT2D eigenvalue weighted by Crippen LogP contribution is 2.35. The molecular formula is C35H29N3O2S2. The van der Waals surface area contributed by atoms with Gasteiger partial charge in [-0.3, -0.25) is 9.69 Å². The van der Waals surface area contributed by atoms with Gasteiger partial charge in [-0.05, 0) is 54.8 Å². The van der Waals surface area contributed by atoms with E-state index in [-0.39, 0.29) is 5.91 Å². The predicted octanol–water partition coefficient (Wildman–Crippen LogP) is 7.87. The second-order valence-corrected chi connectivity index (χ2v) is 11.8. The standard InChI is InChI=1S/C35H29N3O2S2/c1-25-15-17-27(18-16-25)24-40-31-14-8-11-28(21-31)33-29(23-38(36-33)30-12-6-3-7-13-30)22-32-34(39)37(35(41)42-32)20-19-26-9-4-2-5-10-26/h2-18,21-23H,19-20,24H2,1H3/b32-22-. The van der Waals surface area contributed by atoms with Gasteiger partial charge in [-0.15, -0.1) is 0 Å². The number of thiocarbonyl (C=S) groups is 1. The highest BCUT2D eigenvalue weighted by Gasteiger charge is 2.32. The maximum atomic E-state index is 13.5. The number of ether oxygens (including phenoxy) is 1. The van der Waals surface area contributed by atoms with Gasteiger partial charge in [-0.2, -0.15) is 5.10 Å². The van der Waals surface area contributed by atoms with Gasteiger partial charge in [0, 0.05) is 23.9 Å². The van der Waals surface area contributed by atoms with Crippen molar-refractivity contribution in [3.63, 3.8) is 0 Å². The van der Waals surface area contributed by atoms with Crippen LogP contribution in [0.2, 0.25) is 0 Å². The van der Waals surface area contributed by atoms with Crippen molar-refractivity contribution in [1.82, 2.24) is 14.7 Å². The Hall–Kier alpha value is -4.46. The van der Waals surface area contributed by atoms with Crippen LogP contribution in [0, 0.1) is 6.92 Å². The monoisotopic (exact) mass is 587 g/mol. The maximum absolute atomic E-state index is 13.5. The molecule has 6 rings (SSSR count). The van der Waals surface area contributed by atoms with E-state index in [4.69, 9.17) is 22.1 Å². The number of hydrogen-bond acceptors (Lipinski definition) is 5. The molecule has 0 bridgehead atoms. The first kappa shape index (κ1) is 27.7. The van der Waals surface area contributed by atoms with Crippen LogP contribution >= 0.6 is 24.0 Å². The van der Waals surface area contributed by atoms with Crippen LogP contribution in [0.4, 0.5) is 0 Å². The Labute approximate surface area is 255 Å². The van der Waals surface area contributed by atoms with Gasteiger partial charge in [-0.1, -0.05) is 114 Å². The van der Waals surface area contributed by atoms with Crippen molar-refractivity contribution in [3.05, 3.63) is 143 Å². The lowest BCUT2D eigenvalue weighted by atomic mass is 10.1. The molecule has 0 saturated carbocycles. The Bertz CT molecular complexity index is 1750. The SMILES string of the molecule is Cc1ccc(COc2cccc(-c3nn(-c4ccccc4)cc3/C=C3\SC(=S)N(CCc4ccccc4)C3=O)c2)cc1. The van der Waals surface area contributed by atoms with Crippen molar-refractivity contribution in [2.24, 2.45) is 0 Å². The molecule has 0 unspecified atom stereocenters. The molecular weight excluding hydrogens is 559 g/mol. The summed E-state index contributed by atoms with van der Waals surface area (Å²) in [5.74, 6) is 0.676. The normalized spacial score (nSPS) is 14.1. The van der Waals surface area contributed by atoms with Crippen molar-refractivity contribution >= 4 is 40.3 Å². The molecule has 0 radical (unpaired) electrons. The summed E-state index contributed by atoms with van der Waals surface area (Å²) in [6.07, 6.45) is 4.61. The fourth-order valence-corrected chi connectivity index (χ4v) is 6.03. The lowest BCUT2D eigenvalue weighted by Crippen LogP contribution is -2.30. The predicted molar refractivity (Wildman–Crippen MR) is 175 cm³/mol. The van der Waals surface area contributed by atoms with E-state index in [2.05, 4.69) is 43.3 Å². The van der Waals surface area contributed by atoms with E-state index in [1.54, 1.807) is 4.90 Å². The Morgan fingerprint density at radius 1 is 0.881 bits per heavy atom. The summed E-state index contributed by atoms with van der Waals surface area (Å²) in [6.45, 7) is 3.09. The van der Waals surface area contributed by atoms with Gasteiger partial charge in [0.15, 0.2) is 0 Å². The van der Waals surface area contributed by atoms with Crippen LogP contribution in [0.3, 0.4) is 0 Å². The second kappa shape index (κ2) is 12.6. The zero-order chi connectivity index (χ0) is 28.9. The lowest BCUT2D eigenvalue weighted by Gasteiger charge is -2.14. The van der Waals surface area contributed by atoms with E-state index in [0.29, 0.717) is 22.4 Å². The first-order valence-electron chi connectivity index (χ1n) is 13.8. The molecule has 7 heteroatoms. The third kappa shape index (κ3) is 6.38. The number of carbonyl (C=O) groups excluding carboxylic acids is 1. The Kier molecular flexibility index (Phi) is 8.30. The molecule has 1 aliphatic heterocycles. The summed E-state index contributed by atoms with van der Waals surface area (Å²) in [5, 5.41) is 4.95. The van der Waals surface area contributed by atoms with Crippen molar-refractivity contribution in [1.29, 1.82) is 0 Å². The Morgan fingerprint density at radius 3 is 2.38 bits per heavy atom. The molecule has 0 aliphatic carbocycles. The fraction of sp³-hybridized carbons (Fsp3) is 0.114. The molecule has 0 N–H and O–H groups in total. The number of rotatable bonds is 9. The Balaban J connectivity index is 1.29. The number of carbonyl (C=O) groups is 1. The molecule has 5 aromatic rings. The minimum absolute atomic E-state index is 0.0745. The highest BCUT2D eigenvalue weighted by molar-refractivity contribution is 8.26. The first-order chi connectivity index (χ1) is 20.5. The minimum atomic E-state index is -0.0745. The molecule has 4 aromatic carbocycles. The number of aromatic nitrogens is 2. The molecule has 0 spiro atoms. The summed E-state index contributed by atoms with van der Waals surface area (Å²) in [5.41, 5.74) is 6.92. The number of para-hydroxylation sites is 1. The second-order valence-electron chi connectivity index (χ2n) is 10.1. The number of aryl methyl sites for hydroxylation is 1. The number of amides is 1. The molecule has 1 amide bonds. The van der Waals surface area contributed by atoms with Gasteiger partial charge in [0.1, 0.15) is 22.4 Å². The summed E-state index contributed by atoms with van der Waals surface area (Å²) < 4.78 is 8.55. The largest absolute Gasteiger partial charge is 0.489 e. The van der Waals surface area contributed by atoms with Crippen molar-refractivity contribution in [2.45, 2.75) is 20.0 Å². The van der Waals surface area contributed by atoms with E-state index >= 15 is 0 Å². The number of thioether (sulfide) groups is 1. The van der Waals surface area contributed by atoms with Crippen LogP contribution in [0.25, 0.3) is 23.0 Å². The topological polar surface area (TPSA) is 47.4 Å². The van der Waals surface area contributed by atoms with Gasteiger partial charge in [-0.25, -0.2) is 4.68 Å². The van der Waals surface area contributed by atoms with Gasteiger partial charge < -0.3 is 4.74 Å². The summed E-state index contributed by atoms with van der Waals surface area (Å²) in [7, 11) is 0. The third-order valence-corrected chi connectivity index (χ3v) is 8.40. The molecule has 5 nitrogen and oxygen atoms in total. The summed E-state index contributed by atoms with van der Waals surface area (Å²) in [4.78, 5) is 15.7. The van der Waals surface area contributed by atoms with Crippen molar-refractivity contribution in [3.8, 4) is 22.7 Å². The van der Waals surface area contributed by atoms with Crippen LogP contribution in [0.1, 0.15) is 22.3 Å². The molecule has 1 saturated heterocycles. The van der Waals surface area contributed by atoms with Gasteiger partial charge in [0.25, 0.3) is 5.91 Å². The number of nitrogens with zero attached hydrogens (tertiary/aromatic N) is 3. The van der Waals surface area contributed by atoms with E-state index < -0.39 is 0 Å². The van der Waals surface area contributed by atoms with Crippen LogP contribution in [-0.4, -0.2) is 31.5 Å². The van der Waals surface area contributed by atoms with Crippen molar-refractivity contribution < 1.29 is 9.53 Å². The number of benzene rings is 4. The summed E-state index contributed by atoms with van der Waals surface area (Å²) >= 11 is 6.96. The minimum Gasteiger partial charge on any atom is -0.489 e. The van der Waals surface area contributed by atoms with Crippen LogP contribution < -0.4 is 4.74 Å². The average molecular weight is 588 g/mol. The summed E-state index contributed by atoms with van der Waals surface area (Å²) in [6, 6.07) is 36.3. The molecule has 0 atom stereocenters. The average Bonchev–Trinajstić information content (AvgIpc) is 3.56.